The molecule has 0 N–H and O–H groups in total. The van der Waals surface area contributed by atoms with Crippen molar-refractivity contribution in [3.05, 3.63) is 0 Å². The van der Waals surface area contributed by atoms with Crippen LogP contribution in [0.3, 0.4) is 0 Å². The van der Waals surface area contributed by atoms with E-state index in [2.05, 4.69) is 4.52 Å². The van der Waals surface area contributed by atoms with Crippen LogP contribution >= 0.6 is 16.9 Å². The van der Waals surface area contributed by atoms with Gasteiger partial charge in [0.15, 0.2) is 0 Å². The summed E-state index contributed by atoms with van der Waals surface area (Å²) in [4.78, 5) is 19.8. The zero-order valence-electron chi connectivity index (χ0n) is 25.4. The second-order valence-electron chi connectivity index (χ2n) is 8.58. The fourth-order valence-electron chi connectivity index (χ4n) is 0.578. The average molecular weight is 650 g/mol. The number of hydrogen-bond donors (Lipinski definition) is 0. The molecule has 11 nitrogen and oxygen atoms in total. The monoisotopic (exact) mass is 650 g/mol. The van der Waals surface area contributed by atoms with Crippen molar-refractivity contribution in [1.82, 2.24) is 0 Å². The van der Waals surface area contributed by atoms with Crippen LogP contribution in [0.15, 0.2) is 0 Å². The standard InChI is InChI=1S/C8H18O2P.C4H11O4P.5C2H5O.2Ti/c1-7(2,3)9-11-10-8(4,5)6;1-4(2,3)8-9(5,6)7;5*1-2-3;;/h1-6H3;1-3H3,(H2,5,6,7);5*2H2,1H3;;/q-1;;5*-1;2*+4/p-2. The molecule has 0 fully saturated rings. The molecule has 0 aliphatic carbocycles. The molecule has 0 spiro atoms. The van der Waals surface area contributed by atoms with Gasteiger partial charge in [-0.1, -0.05) is 34.6 Å². The van der Waals surface area contributed by atoms with Gasteiger partial charge in [0.2, 0.25) is 0 Å². The first-order valence-electron chi connectivity index (χ1n) is 11.2. The molecule has 0 aromatic rings. The van der Waals surface area contributed by atoms with E-state index in [1.807, 2.05) is 41.5 Å². The summed E-state index contributed by atoms with van der Waals surface area (Å²) in [5, 5.41) is 44.7. The Hall–Kier alpha value is 1.69. The van der Waals surface area contributed by atoms with E-state index in [9.17, 15) is 14.4 Å². The van der Waals surface area contributed by atoms with E-state index in [4.69, 9.17) is 34.6 Å². The van der Waals surface area contributed by atoms with Crippen LogP contribution in [-0.4, -0.2) is 49.8 Å². The van der Waals surface area contributed by atoms with Gasteiger partial charge in [-0.3, -0.25) is 0 Å². The van der Waals surface area contributed by atoms with Crippen molar-refractivity contribution in [2.75, 3.05) is 33.0 Å². The van der Waals surface area contributed by atoms with Crippen LogP contribution in [-0.2, 0) is 61.6 Å². The minimum absolute atomic E-state index is 0. The van der Waals surface area contributed by atoms with E-state index in [0.717, 1.165) is 0 Å². The molecule has 0 aromatic carbocycles. The van der Waals surface area contributed by atoms with Gasteiger partial charge in [-0.2, -0.15) is 0 Å². The summed E-state index contributed by atoms with van der Waals surface area (Å²) >= 11 is 0. The molecular weight excluding hydrogens is 598 g/mol. The van der Waals surface area contributed by atoms with E-state index in [1.54, 1.807) is 34.6 Å². The van der Waals surface area contributed by atoms with Gasteiger partial charge in [-0.05, 0) is 62.3 Å². The third kappa shape index (κ3) is 195. The van der Waals surface area contributed by atoms with Crippen molar-refractivity contribution in [2.45, 2.75) is 114 Å². The van der Waals surface area contributed by atoms with E-state index >= 15 is 0 Å². The van der Waals surface area contributed by atoms with Gasteiger partial charge >= 0.3 is 43.4 Å². The fourth-order valence-corrected chi connectivity index (χ4v) is 1.73. The summed E-state index contributed by atoms with van der Waals surface area (Å²) in [6.07, 6.45) is 0. The molecule has 0 saturated heterocycles. The molecule has 0 aromatic heterocycles. The second-order valence-corrected chi connectivity index (χ2v) is 10.2. The van der Waals surface area contributed by atoms with Gasteiger partial charge < -0.3 is 53.5 Å². The Labute approximate surface area is 259 Å². The minimum atomic E-state index is -4.79. The molecular formula is C22H52O11P2Ti2. The molecule has 0 amide bonds. The first-order valence-corrected chi connectivity index (χ1v) is 13.4. The molecule has 0 aliphatic rings. The quantitative estimate of drug-likeness (QED) is 0.290. The predicted octanol–water partition coefficient (Wildman–Crippen LogP) is -0.149. The molecule has 0 bridgehead atoms. The molecule has 0 unspecified atom stereocenters. The Balaban J connectivity index is -0.0000000386. The summed E-state index contributed by atoms with van der Waals surface area (Å²) in [7, 11) is -4.19. The van der Waals surface area contributed by atoms with Crippen LogP contribution < -0.4 is 35.3 Å². The van der Waals surface area contributed by atoms with E-state index in [-0.39, 0.29) is 87.7 Å². The SMILES string of the molecule is CC(C)(C)OP(=O)([O-])[O-].CC(C)(C)O[P-]OC(C)(C)C.CC[O-].CC[O-].CC[O-].CC[O-].CC[O-].[Ti+4].[Ti+4]. The summed E-state index contributed by atoms with van der Waals surface area (Å²) in [5.41, 5.74) is -1.14. The number of hydrogen-bond acceptors (Lipinski definition) is 11. The van der Waals surface area contributed by atoms with E-state index < -0.39 is 13.4 Å². The predicted molar refractivity (Wildman–Crippen MR) is 130 cm³/mol. The van der Waals surface area contributed by atoms with Gasteiger partial charge in [0.1, 0.15) is 0 Å². The van der Waals surface area contributed by atoms with Crippen LogP contribution in [0.2, 0.25) is 0 Å². The Bertz CT molecular complexity index is 372. The first kappa shape index (κ1) is 62.3. The third-order valence-electron chi connectivity index (χ3n) is 1.01. The van der Waals surface area contributed by atoms with Crippen molar-refractivity contribution in [1.29, 1.82) is 0 Å². The summed E-state index contributed by atoms with van der Waals surface area (Å²) < 4.78 is 24.7. The Morgan fingerprint density at radius 1 is 0.541 bits per heavy atom. The first-order chi connectivity index (χ1) is 15.5. The fraction of sp³-hybridized carbons (Fsp3) is 1.00. The van der Waals surface area contributed by atoms with Crippen LogP contribution in [0, 0.1) is 0 Å². The molecule has 224 valence electrons. The number of rotatable bonds is 3. The summed E-state index contributed by atoms with van der Waals surface area (Å²) in [6, 6.07) is 0. The largest absolute Gasteiger partial charge is 4.00 e. The van der Waals surface area contributed by atoms with Crippen molar-refractivity contribution >= 4 is 16.9 Å². The molecule has 37 heavy (non-hydrogen) atoms. The minimum Gasteiger partial charge on any atom is -0.855 e. The maximum atomic E-state index is 9.90. The number of phosphoric acid groups is 1. The van der Waals surface area contributed by atoms with Gasteiger partial charge in [-0.25, -0.2) is 9.03 Å². The maximum absolute atomic E-state index is 9.90. The molecule has 0 radical (unpaired) electrons. The topological polar surface area (TPSA) is 206 Å². The van der Waals surface area contributed by atoms with Gasteiger partial charge in [0, 0.05) is 11.2 Å². The average Bonchev–Trinajstić information content (AvgIpc) is 2.53. The van der Waals surface area contributed by atoms with E-state index in [0.29, 0.717) is 9.03 Å². The number of phosphoric ester groups is 1. The molecule has 0 saturated carbocycles. The van der Waals surface area contributed by atoms with Crippen LogP contribution in [0.1, 0.15) is 96.9 Å². The van der Waals surface area contributed by atoms with Crippen molar-refractivity contribution in [3.63, 3.8) is 0 Å². The van der Waals surface area contributed by atoms with Gasteiger partial charge in [0.05, 0.1) is 13.4 Å². The zero-order chi connectivity index (χ0) is 30.4. The second kappa shape index (κ2) is 42.2. The summed E-state index contributed by atoms with van der Waals surface area (Å²) in [6.45, 7) is 24.4. The van der Waals surface area contributed by atoms with E-state index in [1.165, 1.54) is 20.8 Å². The van der Waals surface area contributed by atoms with Crippen molar-refractivity contribution in [2.24, 2.45) is 0 Å². The Morgan fingerprint density at radius 2 is 0.703 bits per heavy atom. The van der Waals surface area contributed by atoms with Gasteiger partial charge in [-0.15, -0.1) is 33.0 Å². The van der Waals surface area contributed by atoms with Crippen molar-refractivity contribution < 1.29 is 96.9 Å². The zero-order valence-corrected chi connectivity index (χ0v) is 30.3. The molecule has 15 heteroatoms. The third-order valence-corrected chi connectivity index (χ3v) is 3.02. The molecule has 0 aliphatic heterocycles. The van der Waals surface area contributed by atoms with Crippen LogP contribution in [0.25, 0.3) is 0 Å². The molecule has 0 atom stereocenters. The Kier molecular flexibility index (Phi) is 71.0. The normalized spacial score (nSPS) is 9.86. The van der Waals surface area contributed by atoms with Crippen molar-refractivity contribution in [3.8, 4) is 0 Å². The molecule has 0 rings (SSSR count). The Morgan fingerprint density at radius 3 is 0.757 bits per heavy atom. The van der Waals surface area contributed by atoms with Gasteiger partial charge in [0.25, 0.3) is 0 Å². The van der Waals surface area contributed by atoms with Crippen LogP contribution in [0.4, 0.5) is 0 Å². The smallest absolute Gasteiger partial charge is 0.855 e. The molecule has 0 heterocycles. The maximum Gasteiger partial charge on any atom is 4.00 e. The summed E-state index contributed by atoms with van der Waals surface area (Å²) in [5.74, 6) is 0. The van der Waals surface area contributed by atoms with Crippen LogP contribution in [0.5, 0.6) is 0 Å².